The van der Waals surface area contributed by atoms with Gasteiger partial charge in [-0.15, -0.1) is 0 Å². The molecule has 34 heavy (non-hydrogen) atoms. The molecule has 3 aromatic heterocycles. The number of hydrogen-bond acceptors (Lipinski definition) is 5. The summed E-state index contributed by atoms with van der Waals surface area (Å²) in [6.07, 6.45) is 5.15. The van der Waals surface area contributed by atoms with Gasteiger partial charge < -0.3 is 24.5 Å². The Kier molecular flexibility index (Phi) is 4.71. The first kappa shape index (κ1) is 21.2. The highest BCUT2D eigenvalue weighted by Crippen LogP contribution is 2.37. The molecule has 1 amide bonds. The second-order valence-electron chi connectivity index (χ2n) is 10.2. The number of likely N-dealkylation sites (tertiary alicyclic amines) is 1. The zero-order valence-corrected chi connectivity index (χ0v) is 19.9. The molecule has 0 radical (unpaired) electrons. The third-order valence-electron chi connectivity index (χ3n) is 7.22. The molecule has 4 aromatic rings. The molecular weight excluding hydrogens is 428 g/mol. The molecule has 2 fully saturated rings. The molecule has 2 aliphatic rings. The largest absolute Gasteiger partial charge is 0.494 e. The lowest BCUT2D eigenvalue weighted by Crippen LogP contribution is -2.40. The predicted octanol–water partition coefficient (Wildman–Crippen LogP) is 3.57. The molecule has 1 aliphatic carbocycles. The number of benzene rings is 1. The number of amides is 1. The van der Waals surface area contributed by atoms with Crippen molar-refractivity contribution < 1.29 is 9.53 Å². The Hall–Kier alpha value is -3.39. The molecule has 8 nitrogen and oxygen atoms in total. The van der Waals surface area contributed by atoms with E-state index >= 15 is 0 Å². The van der Waals surface area contributed by atoms with E-state index in [2.05, 4.69) is 26.3 Å². The van der Waals surface area contributed by atoms with Gasteiger partial charge in [-0.2, -0.15) is 0 Å². The number of aryl methyl sites for hydroxylation is 1. The number of aromatic nitrogens is 4. The van der Waals surface area contributed by atoms with E-state index in [1.807, 2.05) is 43.3 Å². The van der Waals surface area contributed by atoms with Crippen molar-refractivity contribution in [2.45, 2.75) is 38.3 Å². The number of carbonyl (C=O) groups is 1. The highest BCUT2D eigenvalue weighted by molar-refractivity contribution is 6.00. The first-order valence-electron chi connectivity index (χ1n) is 11.9. The Morgan fingerprint density at radius 3 is 2.82 bits per heavy atom. The lowest BCUT2D eigenvalue weighted by Gasteiger charge is -2.20. The van der Waals surface area contributed by atoms with E-state index in [0.29, 0.717) is 30.3 Å². The number of pyridine rings is 1. The normalized spacial score (nSPS) is 20.5. The standard InChI is InChI=1S/C26H30N6O2/c1-26(27)8-10-31(15-26)25(33)18-11-19-22(21(13-18)34-3)30(2)24(29-19)20-12-17-5-4-9-28-23(17)32(20)14-16-6-7-16/h4-5,9,11-13,16H,6-8,10,14-15,27H2,1-3H3/t26-/m1/s1. The minimum Gasteiger partial charge on any atom is -0.494 e. The average Bonchev–Trinajstić information content (AvgIpc) is 3.34. The number of ether oxygens (including phenoxy) is 1. The van der Waals surface area contributed by atoms with Crippen LogP contribution in [-0.4, -0.2) is 55.6 Å². The Balaban J connectivity index is 1.48. The lowest BCUT2D eigenvalue weighted by atomic mass is 10.0. The SMILES string of the molecule is COc1cc(C(=O)N2CC[C@@](C)(N)C2)cc2nc(-c3cc4cccnc4n3CC3CC3)n(C)c12. The van der Waals surface area contributed by atoms with Gasteiger partial charge in [0, 0.05) is 49.4 Å². The van der Waals surface area contributed by atoms with Crippen LogP contribution in [0.4, 0.5) is 0 Å². The monoisotopic (exact) mass is 458 g/mol. The Morgan fingerprint density at radius 2 is 2.12 bits per heavy atom. The number of imidazole rings is 1. The van der Waals surface area contributed by atoms with Crippen molar-refractivity contribution in [3.8, 4) is 17.3 Å². The third kappa shape index (κ3) is 3.44. The minimum absolute atomic E-state index is 0.0337. The Labute approximate surface area is 198 Å². The molecule has 1 aromatic carbocycles. The first-order valence-corrected chi connectivity index (χ1v) is 11.9. The maximum absolute atomic E-state index is 13.3. The molecule has 2 N–H and O–H groups in total. The Bertz CT molecular complexity index is 1430. The zero-order chi connectivity index (χ0) is 23.6. The minimum atomic E-state index is -0.342. The summed E-state index contributed by atoms with van der Waals surface area (Å²) in [5.74, 6) is 2.14. The van der Waals surface area contributed by atoms with E-state index in [0.717, 1.165) is 46.6 Å². The molecule has 0 unspecified atom stereocenters. The summed E-state index contributed by atoms with van der Waals surface area (Å²) in [6.45, 7) is 4.14. The van der Waals surface area contributed by atoms with Crippen molar-refractivity contribution in [2.75, 3.05) is 20.2 Å². The summed E-state index contributed by atoms with van der Waals surface area (Å²) in [4.78, 5) is 24.8. The first-order chi connectivity index (χ1) is 16.3. The molecule has 1 saturated carbocycles. The Morgan fingerprint density at radius 1 is 1.29 bits per heavy atom. The highest BCUT2D eigenvalue weighted by atomic mass is 16.5. The van der Waals surface area contributed by atoms with E-state index < -0.39 is 0 Å². The molecular formula is C26H30N6O2. The van der Waals surface area contributed by atoms with Crippen molar-refractivity contribution >= 4 is 28.0 Å². The van der Waals surface area contributed by atoms with Gasteiger partial charge in [0.05, 0.1) is 18.3 Å². The summed E-state index contributed by atoms with van der Waals surface area (Å²) in [5, 5.41) is 1.10. The van der Waals surface area contributed by atoms with E-state index in [1.54, 1.807) is 7.11 Å². The number of nitrogens with two attached hydrogens (primary N) is 1. The van der Waals surface area contributed by atoms with Crippen LogP contribution in [0.15, 0.2) is 36.5 Å². The van der Waals surface area contributed by atoms with Crippen LogP contribution in [0.5, 0.6) is 5.75 Å². The second kappa shape index (κ2) is 7.56. The molecule has 0 bridgehead atoms. The molecule has 1 atom stereocenters. The van der Waals surface area contributed by atoms with Gasteiger partial charge >= 0.3 is 0 Å². The number of fused-ring (bicyclic) bond motifs is 2. The van der Waals surface area contributed by atoms with E-state index in [1.165, 1.54) is 12.8 Å². The molecule has 6 rings (SSSR count). The van der Waals surface area contributed by atoms with Gasteiger partial charge in [-0.05, 0) is 62.4 Å². The number of carbonyl (C=O) groups excluding carboxylic acids is 1. The van der Waals surface area contributed by atoms with Crippen LogP contribution in [-0.2, 0) is 13.6 Å². The van der Waals surface area contributed by atoms with Gasteiger partial charge in [0.2, 0.25) is 0 Å². The van der Waals surface area contributed by atoms with Gasteiger partial charge in [-0.25, -0.2) is 9.97 Å². The van der Waals surface area contributed by atoms with Crippen LogP contribution in [0.3, 0.4) is 0 Å². The number of methoxy groups -OCH3 is 1. The molecule has 8 heteroatoms. The zero-order valence-electron chi connectivity index (χ0n) is 19.9. The fourth-order valence-corrected chi connectivity index (χ4v) is 5.17. The number of hydrogen-bond donors (Lipinski definition) is 1. The quantitative estimate of drug-likeness (QED) is 0.494. The smallest absolute Gasteiger partial charge is 0.254 e. The maximum Gasteiger partial charge on any atom is 0.254 e. The highest BCUT2D eigenvalue weighted by Gasteiger charge is 2.33. The summed E-state index contributed by atoms with van der Waals surface area (Å²) in [5.41, 5.74) is 10.1. The van der Waals surface area contributed by atoms with Crippen LogP contribution < -0.4 is 10.5 Å². The molecule has 1 saturated heterocycles. The van der Waals surface area contributed by atoms with Crippen molar-refractivity contribution in [1.82, 2.24) is 24.0 Å². The van der Waals surface area contributed by atoms with Gasteiger partial charge in [-0.1, -0.05) is 0 Å². The summed E-state index contributed by atoms with van der Waals surface area (Å²) in [6, 6.07) is 9.92. The van der Waals surface area contributed by atoms with Crippen molar-refractivity contribution in [3.63, 3.8) is 0 Å². The summed E-state index contributed by atoms with van der Waals surface area (Å²) < 4.78 is 10.1. The molecule has 1 aliphatic heterocycles. The third-order valence-corrected chi connectivity index (χ3v) is 7.22. The molecule has 4 heterocycles. The van der Waals surface area contributed by atoms with Crippen LogP contribution in [0.25, 0.3) is 33.6 Å². The lowest BCUT2D eigenvalue weighted by molar-refractivity contribution is 0.0785. The summed E-state index contributed by atoms with van der Waals surface area (Å²) >= 11 is 0. The van der Waals surface area contributed by atoms with Gasteiger partial charge in [-0.3, -0.25) is 4.79 Å². The van der Waals surface area contributed by atoms with Crippen LogP contribution in [0.2, 0.25) is 0 Å². The fraction of sp³-hybridized carbons (Fsp3) is 0.423. The van der Waals surface area contributed by atoms with Gasteiger partial charge in [0.15, 0.2) is 5.82 Å². The summed E-state index contributed by atoms with van der Waals surface area (Å²) in [7, 11) is 3.64. The van der Waals surface area contributed by atoms with Crippen LogP contribution >= 0.6 is 0 Å². The number of rotatable bonds is 5. The maximum atomic E-state index is 13.3. The number of nitrogens with zero attached hydrogens (tertiary/aromatic N) is 5. The van der Waals surface area contributed by atoms with Gasteiger partial charge in [0.1, 0.15) is 16.9 Å². The van der Waals surface area contributed by atoms with Crippen molar-refractivity contribution in [1.29, 1.82) is 0 Å². The topological polar surface area (TPSA) is 91.2 Å². The average molecular weight is 459 g/mol. The predicted molar refractivity (Wildman–Crippen MR) is 132 cm³/mol. The molecule has 176 valence electrons. The van der Waals surface area contributed by atoms with E-state index in [-0.39, 0.29) is 11.4 Å². The van der Waals surface area contributed by atoms with E-state index in [4.69, 9.17) is 15.5 Å². The fourth-order valence-electron chi connectivity index (χ4n) is 5.17. The van der Waals surface area contributed by atoms with E-state index in [9.17, 15) is 4.79 Å². The van der Waals surface area contributed by atoms with Crippen LogP contribution in [0, 0.1) is 5.92 Å². The van der Waals surface area contributed by atoms with Crippen molar-refractivity contribution in [3.05, 3.63) is 42.1 Å². The molecule has 0 spiro atoms. The second-order valence-corrected chi connectivity index (χ2v) is 10.2. The van der Waals surface area contributed by atoms with Crippen molar-refractivity contribution in [2.24, 2.45) is 18.7 Å². The van der Waals surface area contributed by atoms with Gasteiger partial charge in [0.25, 0.3) is 5.91 Å². The van der Waals surface area contributed by atoms with Crippen LogP contribution in [0.1, 0.15) is 36.5 Å².